The van der Waals surface area contributed by atoms with Crippen LogP contribution in [0, 0.1) is 0 Å². The molecule has 0 radical (unpaired) electrons. The Bertz CT molecular complexity index is 1090. The van der Waals surface area contributed by atoms with Crippen molar-refractivity contribution in [1.29, 1.82) is 0 Å². The van der Waals surface area contributed by atoms with E-state index in [9.17, 15) is 9.59 Å². The van der Waals surface area contributed by atoms with Crippen molar-refractivity contribution < 1.29 is 9.59 Å². The summed E-state index contributed by atoms with van der Waals surface area (Å²) in [5.41, 5.74) is 9.89. The molecule has 3 N–H and O–H groups in total. The van der Waals surface area contributed by atoms with Crippen molar-refractivity contribution >= 4 is 51.6 Å². The molecule has 5 nitrogen and oxygen atoms in total. The smallest absolute Gasteiger partial charge is 0.248 e. The Balaban J connectivity index is 1.87. The number of Topliss-reactive ketones (excluding diaryl/α,β-unsaturated/α-hetero) is 1. The Morgan fingerprint density at radius 3 is 2.54 bits per heavy atom. The maximum absolute atomic E-state index is 12.2. The number of nitrogen functional groups attached to an aromatic ring is 1. The normalized spacial score (nSPS) is 11.1. The highest BCUT2D eigenvalue weighted by atomic mass is 35.5. The number of benzene rings is 2. The number of ketones is 1. The molecule has 1 amide bonds. The lowest BCUT2D eigenvalue weighted by Crippen LogP contribution is -2.10. The van der Waals surface area contributed by atoms with Crippen molar-refractivity contribution in [1.82, 2.24) is 4.98 Å². The van der Waals surface area contributed by atoms with Crippen LogP contribution in [0.3, 0.4) is 0 Å². The van der Waals surface area contributed by atoms with E-state index in [1.54, 1.807) is 36.4 Å². The third-order valence-corrected chi connectivity index (χ3v) is 4.60. The molecule has 28 heavy (non-hydrogen) atoms. The number of nitrogens with zero attached hydrogens (tertiary/aromatic N) is 1. The number of amides is 1. The molecule has 0 fully saturated rings. The van der Waals surface area contributed by atoms with Crippen molar-refractivity contribution in [2.24, 2.45) is 0 Å². The number of nitrogens with one attached hydrogen (secondary N) is 1. The first-order chi connectivity index (χ1) is 13.4. The van der Waals surface area contributed by atoms with E-state index in [1.165, 1.54) is 13.0 Å². The van der Waals surface area contributed by atoms with Gasteiger partial charge in [0.15, 0.2) is 5.78 Å². The van der Waals surface area contributed by atoms with E-state index >= 15 is 0 Å². The number of aryl methyl sites for hydroxylation is 1. The summed E-state index contributed by atoms with van der Waals surface area (Å²) >= 11 is 5.85. The number of fused-ring (bicyclic) bond motifs is 1. The molecule has 0 saturated carbocycles. The topological polar surface area (TPSA) is 85.1 Å². The number of hydrogen-bond donors (Lipinski definition) is 2. The van der Waals surface area contributed by atoms with Crippen LogP contribution in [0.25, 0.3) is 17.0 Å². The maximum atomic E-state index is 12.2. The number of anilines is 2. The maximum Gasteiger partial charge on any atom is 0.248 e. The zero-order valence-corrected chi connectivity index (χ0v) is 16.4. The van der Waals surface area contributed by atoms with Crippen LogP contribution >= 0.6 is 11.6 Å². The van der Waals surface area contributed by atoms with Gasteiger partial charge < -0.3 is 11.1 Å². The molecule has 0 bridgehead atoms. The molecule has 1 heterocycles. The van der Waals surface area contributed by atoms with E-state index in [0.29, 0.717) is 45.0 Å². The monoisotopic (exact) mass is 393 g/mol. The Labute approximate surface area is 168 Å². The molecule has 0 saturated heterocycles. The van der Waals surface area contributed by atoms with Crippen LogP contribution < -0.4 is 11.1 Å². The van der Waals surface area contributed by atoms with Crippen molar-refractivity contribution in [3.63, 3.8) is 0 Å². The standard InChI is InChI=1S/C22H20ClN3O2/c1-3-18-21(13(2)27)22(24)17-12-16(9-10-19(17)26-18)25-20(28)11-6-14-4-7-15(23)8-5-14/h4-12H,3H2,1-2H3,(H2,24,26)(H,25,28)/b11-6+. The average Bonchev–Trinajstić information content (AvgIpc) is 2.67. The second-order valence-electron chi connectivity index (χ2n) is 6.36. The molecule has 0 aliphatic heterocycles. The minimum absolute atomic E-state index is 0.121. The molecular formula is C22H20ClN3O2. The van der Waals surface area contributed by atoms with E-state index in [0.717, 1.165) is 5.56 Å². The Morgan fingerprint density at radius 2 is 1.89 bits per heavy atom. The van der Waals surface area contributed by atoms with Gasteiger partial charge in [0, 0.05) is 22.2 Å². The quantitative estimate of drug-likeness (QED) is 0.477. The number of rotatable bonds is 5. The second-order valence-corrected chi connectivity index (χ2v) is 6.80. The zero-order chi connectivity index (χ0) is 20.3. The minimum Gasteiger partial charge on any atom is -0.398 e. The molecule has 0 atom stereocenters. The SMILES string of the molecule is CCc1nc2ccc(NC(=O)/C=C/c3ccc(Cl)cc3)cc2c(N)c1C(C)=O. The van der Waals surface area contributed by atoms with Gasteiger partial charge in [-0.2, -0.15) is 0 Å². The van der Waals surface area contributed by atoms with Crippen molar-refractivity contribution in [3.05, 3.63) is 70.4 Å². The molecule has 0 aliphatic rings. The number of hydrogen-bond acceptors (Lipinski definition) is 4. The first-order valence-corrected chi connectivity index (χ1v) is 9.24. The van der Waals surface area contributed by atoms with Gasteiger partial charge in [0.2, 0.25) is 5.91 Å². The molecule has 1 aromatic heterocycles. The van der Waals surface area contributed by atoms with Gasteiger partial charge in [0.25, 0.3) is 0 Å². The number of carbonyl (C=O) groups is 2. The molecule has 0 unspecified atom stereocenters. The average molecular weight is 394 g/mol. The largest absolute Gasteiger partial charge is 0.398 e. The summed E-state index contributed by atoms with van der Waals surface area (Å²) in [4.78, 5) is 28.8. The van der Waals surface area contributed by atoms with Crippen LogP contribution in [0.4, 0.5) is 11.4 Å². The second kappa shape index (κ2) is 8.23. The van der Waals surface area contributed by atoms with Crippen LogP contribution in [0.5, 0.6) is 0 Å². The number of carbonyl (C=O) groups excluding carboxylic acids is 2. The van der Waals surface area contributed by atoms with Gasteiger partial charge >= 0.3 is 0 Å². The van der Waals surface area contributed by atoms with Gasteiger partial charge in [-0.1, -0.05) is 30.7 Å². The summed E-state index contributed by atoms with van der Waals surface area (Å²) in [6.45, 7) is 3.41. The summed E-state index contributed by atoms with van der Waals surface area (Å²) in [6.07, 6.45) is 3.75. The van der Waals surface area contributed by atoms with E-state index in [4.69, 9.17) is 17.3 Å². The van der Waals surface area contributed by atoms with Crippen LogP contribution in [-0.2, 0) is 11.2 Å². The van der Waals surface area contributed by atoms with Crippen molar-refractivity contribution in [2.75, 3.05) is 11.1 Å². The predicted molar refractivity (Wildman–Crippen MR) is 115 cm³/mol. The minimum atomic E-state index is -0.280. The molecule has 6 heteroatoms. The lowest BCUT2D eigenvalue weighted by Gasteiger charge is -2.12. The van der Waals surface area contributed by atoms with Gasteiger partial charge in [-0.3, -0.25) is 14.6 Å². The van der Waals surface area contributed by atoms with Crippen LogP contribution in [0.2, 0.25) is 5.02 Å². The lowest BCUT2D eigenvalue weighted by molar-refractivity contribution is -0.111. The van der Waals surface area contributed by atoms with Crippen LogP contribution in [0.15, 0.2) is 48.5 Å². The third kappa shape index (κ3) is 4.21. The summed E-state index contributed by atoms with van der Waals surface area (Å²) in [5.74, 6) is -0.401. The highest BCUT2D eigenvalue weighted by Crippen LogP contribution is 2.29. The number of nitrogens with two attached hydrogens (primary N) is 1. The highest BCUT2D eigenvalue weighted by molar-refractivity contribution is 6.30. The van der Waals surface area contributed by atoms with Gasteiger partial charge in [-0.05, 0) is 55.3 Å². The van der Waals surface area contributed by atoms with E-state index < -0.39 is 0 Å². The Hall–Kier alpha value is -3.18. The van der Waals surface area contributed by atoms with Gasteiger partial charge in [-0.25, -0.2) is 0 Å². The van der Waals surface area contributed by atoms with Gasteiger partial charge in [0.1, 0.15) is 0 Å². The molecule has 3 rings (SSSR count). The third-order valence-electron chi connectivity index (χ3n) is 4.35. The van der Waals surface area contributed by atoms with E-state index in [1.807, 2.05) is 19.1 Å². The van der Waals surface area contributed by atoms with E-state index in [-0.39, 0.29) is 11.7 Å². The first-order valence-electron chi connectivity index (χ1n) is 8.86. The molecule has 0 spiro atoms. The summed E-state index contributed by atoms with van der Waals surface area (Å²) in [5, 5.41) is 4.08. The molecule has 2 aromatic carbocycles. The zero-order valence-electron chi connectivity index (χ0n) is 15.6. The lowest BCUT2D eigenvalue weighted by atomic mass is 10.0. The Kier molecular flexibility index (Phi) is 5.76. The molecule has 3 aromatic rings. The fourth-order valence-corrected chi connectivity index (χ4v) is 3.12. The summed E-state index contributed by atoms with van der Waals surface area (Å²) < 4.78 is 0. The molecular weight excluding hydrogens is 374 g/mol. The number of pyridine rings is 1. The van der Waals surface area contributed by atoms with Crippen molar-refractivity contribution in [2.45, 2.75) is 20.3 Å². The number of halogens is 1. The summed E-state index contributed by atoms with van der Waals surface area (Å²) in [6, 6.07) is 12.4. The Morgan fingerprint density at radius 1 is 1.18 bits per heavy atom. The fraction of sp³-hybridized carbons (Fsp3) is 0.136. The van der Waals surface area contributed by atoms with Crippen molar-refractivity contribution in [3.8, 4) is 0 Å². The van der Waals surface area contributed by atoms with E-state index in [2.05, 4.69) is 10.3 Å². The van der Waals surface area contributed by atoms with Gasteiger partial charge in [-0.15, -0.1) is 0 Å². The number of aromatic nitrogens is 1. The first kappa shape index (κ1) is 19.6. The molecule has 142 valence electrons. The fourth-order valence-electron chi connectivity index (χ4n) is 3.00. The van der Waals surface area contributed by atoms with Crippen LogP contribution in [-0.4, -0.2) is 16.7 Å². The highest BCUT2D eigenvalue weighted by Gasteiger charge is 2.16. The summed E-state index contributed by atoms with van der Waals surface area (Å²) in [7, 11) is 0. The predicted octanol–water partition coefficient (Wildman–Crippen LogP) is 4.89. The molecule has 0 aliphatic carbocycles. The van der Waals surface area contributed by atoms with Crippen LogP contribution in [0.1, 0.15) is 35.5 Å². The van der Waals surface area contributed by atoms with Gasteiger partial charge in [0.05, 0.1) is 22.5 Å².